The number of halogens is 1. The minimum absolute atomic E-state index is 0.0152. The van der Waals surface area contributed by atoms with Crippen LogP contribution in [-0.2, 0) is 9.47 Å². The predicted molar refractivity (Wildman–Crippen MR) is 159 cm³/mol. The van der Waals surface area contributed by atoms with Gasteiger partial charge in [0.05, 0.1) is 53.0 Å². The van der Waals surface area contributed by atoms with Crippen LogP contribution in [0, 0.1) is 18.7 Å². The zero-order valence-electron chi connectivity index (χ0n) is 23.6. The van der Waals surface area contributed by atoms with Gasteiger partial charge in [-0.1, -0.05) is 13.8 Å². The van der Waals surface area contributed by atoms with Gasteiger partial charge >= 0.3 is 6.09 Å². The van der Waals surface area contributed by atoms with E-state index < -0.39 is 18.0 Å². The van der Waals surface area contributed by atoms with E-state index in [9.17, 15) is 4.79 Å². The second-order valence-corrected chi connectivity index (χ2v) is 11.0. The summed E-state index contributed by atoms with van der Waals surface area (Å²) < 4.78 is 38.1. The highest BCUT2D eigenvalue weighted by Crippen LogP contribution is 2.37. The van der Waals surface area contributed by atoms with Gasteiger partial charge in [-0.3, -0.25) is 10.3 Å². The topological polar surface area (TPSA) is 118 Å². The third-order valence-electron chi connectivity index (χ3n) is 6.01. The first-order chi connectivity index (χ1) is 20.3. The van der Waals surface area contributed by atoms with Gasteiger partial charge in [-0.15, -0.1) is 11.3 Å². The molecule has 218 valence electrons. The van der Waals surface area contributed by atoms with E-state index in [0.717, 1.165) is 15.8 Å². The Bertz CT molecular complexity index is 1700. The Labute approximate surface area is 245 Å². The summed E-state index contributed by atoms with van der Waals surface area (Å²) in [6, 6.07) is 10.2. The lowest BCUT2D eigenvalue weighted by Crippen LogP contribution is -2.32. The average molecular weight is 592 g/mol. The molecule has 0 aliphatic heterocycles. The number of amides is 1. The molecule has 1 unspecified atom stereocenters. The van der Waals surface area contributed by atoms with Crippen molar-refractivity contribution in [2.75, 3.05) is 32.2 Å². The van der Waals surface area contributed by atoms with E-state index in [1.165, 1.54) is 23.6 Å². The number of benzene rings is 2. The standard InChI is InChI=1S/C30H30FN5O5S/c1-17(2)14-39-15-20(41-30(37)34-19-6-5-7-32-12-19)16-40-25-11-26-23(10-22(25)31)36-29(42-26)21-8-18(3)9-24-28(21)33-13-27(35-24)38-4/h5-13,17,20H,14-16H2,1-4H3,(H,34,37). The molecule has 12 heteroatoms. The van der Waals surface area contributed by atoms with E-state index in [4.69, 9.17) is 18.9 Å². The lowest BCUT2D eigenvalue weighted by molar-refractivity contribution is -0.00429. The maximum atomic E-state index is 15.1. The summed E-state index contributed by atoms with van der Waals surface area (Å²) in [5.41, 5.74) is 4.09. The van der Waals surface area contributed by atoms with Gasteiger partial charge in [-0.2, -0.15) is 0 Å². The number of hydrogen-bond acceptors (Lipinski definition) is 10. The molecule has 5 aromatic rings. The van der Waals surface area contributed by atoms with Gasteiger partial charge < -0.3 is 18.9 Å². The normalized spacial score (nSPS) is 12.0. The number of methoxy groups -OCH3 is 1. The van der Waals surface area contributed by atoms with Gasteiger partial charge in [0.2, 0.25) is 5.88 Å². The van der Waals surface area contributed by atoms with Crippen LogP contribution in [-0.4, -0.2) is 59.1 Å². The maximum Gasteiger partial charge on any atom is 0.412 e. The average Bonchev–Trinajstić information content (AvgIpc) is 3.37. The molecule has 0 aliphatic rings. The third-order valence-corrected chi connectivity index (χ3v) is 7.06. The zero-order valence-corrected chi connectivity index (χ0v) is 24.4. The van der Waals surface area contributed by atoms with Gasteiger partial charge in [0.25, 0.3) is 0 Å². The van der Waals surface area contributed by atoms with E-state index in [-0.39, 0.29) is 24.9 Å². The summed E-state index contributed by atoms with van der Waals surface area (Å²) in [6.45, 7) is 6.42. The minimum Gasteiger partial charge on any atom is -0.486 e. The van der Waals surface area contributed by atoms with Crippen LogP contribution >= 0.6 is 11.3 Å². The molecule has 1 N–H and O–H groups in total. The Balaban J connectivity index is 1.35. The van der Waals surface area contributed by atoms with Crippen molar-refractivity contribution in [3.8, 4) is 22.2 Å². The lowest BCUT2D eigenvalue weighted by Gasteiger charge is -2.19. The number of ether oxygens (including phenoxy) is 4. The Morgan fingerprint density at radius 1 is 1.07 bits per heavy atom. The number of nitrogens with one attached hydrogen (secondary N) is 1. The van der Waals surface area contributed by atoms with E-state index >= 15 is 4.39 Å². The molecule has 2 aromatic carbocycles. The Hall–Kier alpha value is -4.42. The number of aromatic nitrogens is 4. The van der Waals surface area contributed by atoms with E-state index in [0.29, 0.717) is 39.7 Å². The zero-order chi connectivity index (χ0) is 29.6. The molecule has 3 aromatic heterocycles. The number of pyridine rings is 1. The number of rotatable bonds is 11. The predicted octanol–water partition coefficient (Wildman–Crippen LogP) is 6.43. The fourth-order valence-electron chi connectivity index (χ4n) is 4.13. The Morgan fingerprint density at radius 2 is 1.93 bits per heavy atom. The molecule has 0 spiro atoms. The number of nitrogens with zero attached hydrogens (tertiary/aromatic N) is 4. The molecule has 10 nitrogen and oxygen atoms in total. The van der Waals surface area contributed by atoms with Crippen LogP contribution in [0.15, 0.2) is 55.0 Å². The summed E-state index contributed by atoms with van der Waals surface area (Å²) in [4.78, 5) is 30.2. The van der Waals surface area contributed by atoms with Gasteiger partial charge in [-0.05, 0) is 42.7 Å². The van der Waals surface area contributed by atoms with Crippen LogP contribution in [0.2, 0.25) is 0 Å². The second-order valence-electron chi connectivity index (χ2n) is 10.00. The molecular formula is C30H30FN5O5S. The van der Waals surface area contributed by atoms with Crippen LogP contribution in [0.25, 0.3) is 31.8 Å². The molecular weight excluding hydrogens is 561 g/mol. The molecule has 0 aliphatic carbocycles. The van der Waals surface area contributed by atoms with E-state index in [1.807, 2.05) is 32.9 Å². The summed E-state index contributed by atoms with van der Waals surface area (Å²) in [5, 5.41) is 3.29. The smallest absolute Gasteiger partial charge is 0.412 e. The van der Waals surface area contributed by atoms with Crippen molar-refractivity contribution in [1.82, 2.24) is 19.9 Å². The number of thiazole rings is 1. The largest absolute Gasteiger partial charge is 0.486 e. The fraction of sp³-hybridized carbons (Fsp3) is 0.300. The van der Waals surface area contributed by atoms with E-state index in [1.54, 1.807) is 37.7 Å². The third kappa shape index (κ3) is 7.07. The first kappa shape index (κ1) is 29.1. The summed E-state index contributed by atoms with van der Waals surface area (Å²) in [5.74, 6) is 0.134. The van der Waals surface area contributed by atoms with Crippen LogP contribution < -0.4 is 14.8 Å². The molecule has 5 rings (SSSR count). The molecule has 0 saturated carbocycles. The van der Waals surface area contributed by atoms with Crippen molar-refractivity contribution in [2.24, 2.45) is 5.92 Å². The Kier molecular flexibility index (Phi) is 9.03. The summed E-state index contributed by atoms with van der Waals surface area (Å²) in [6.07, 6.45) is 3.17. The van der Waals surface area contributed by atoms with Crippen LogP contribution in [0.1, 0.15) is 19.4 Å². The van der Waals surface area contributed by atoms with Crippen molar-refractivity contribution in [3.05, 3.63) is 66.4 Å². The van der Waals surface area contributed by atoms with Crippen molar-refractivity contribution in [1.29, 1.82) is 0 Å². The summed E-state index contributed by atoms with van der Waals surface area (Å²) in [7, 11) is 1.54. The van der Waals surface area contributed by atoms with Gasteiger partial charge in [0.15, 0.2) is 17.7 Å². The van der Waals surface area contributed by atoms with Crippen LogP contribution in [0.5, 0.6) is 11.6 Å². The van der Waals surface area contributed by atoms with E-state index in [2.05, 4.69) is 25.3 Å². The second kappa shape index (κ2) is 13.0. The minimum atomic E-state index is -0.790. The molecule has 42 heavy (non-hydrogen) atoms. The Morgan fingerprint density at radius 3 is 2.69 bits per heavy atom. The number of fused-ring (bicyclic) bond motifs is 2. The monoisotopic (exact) mass is 591 g/mol. The number of carbonyl (C=O) groups is 1. The lowest BCUT2D eigenvalue weighted by atomic mass is 10.1. The molecule has 0 saturated heterocycles. The van der Waals surface area contributed by atoms with Crippen molar-refractivity contribution < 1.29 is 28.1 Å². The van der Waals surface area contributed by atoms with Crippen molar-refractivity contribution in [3.63, 3.8) is 0 Å². The number of carbonyl (C=O) groups excluding carboxylic acids is 1. The SMILES string of the molecule is COc1cnc2c(-c3nc4cc(F)c(OCC(COCC(C)C)OC(=O)Nc5cccnc5)cc4s3)cc(C)cc2n1. The van der Waals surface area contributed by atoms with Crippen LogP contribution in [0.3, 0.4) is 0 Å². The molecule has 3 heterocycles. The molecule has 0 fully saturated rings. The first-order valence-electron chi connectivity index (χ1n) is 13.3. The highest BCUT2D eigenvalue weighted by molar-refractivity contribution is 7.21. The molecule has 0 radical (unpaired) electrons. The van der Waals surface area contributed by atoms with Gasteiger partial charge in [-0.25, -0.2) is 24.1 Å². The quantitative estimate of drug-likeness (QED) is 0.185. The molecule has 0 bridgehead atoms. The van der Waals surface area contributed by atoms with Crippen molar-refractivity contribution >= 4 is 44.4 Å². The number of aryl methyl sites for hydroxylation is 1. The van der Waals surface area contributed by atoms with Crippen LogP contribution in [0.4, 0.5) is 14.9 Å². The highest BCUT2D eigenvalue weighted by Gasteiger charge is 2.20. The van der Waals surface area contributed by atoms with Gasteiger partial charge in [0.1, 0.15) is 11.6 Å². The van der Waals surface area contributed by atoms with Crippen molar-refractivity contribution in [2.45, 2.75) is 26.9 Å². The number of hydrogen-bond donors (Lipinski definition) is 1. The van der Waals surface area contributed by atoms with Gasteiger partial charge in [0, 0.05) is 30.5 Å². The first-order valence-corrected chi connectivity index (χ1v) is 14.1. The maximum absolute atomic E-state index is 15.1. The highest BCUT2D eigenvalue weighted by atomic mass is 32.1. The fourth-order valence-corrected chi connectivity index (χ4v) is 5.13. The number of anilines is 1. The summed E-state index contributed by atoms with van der Waals surface area (Å²) >= 11 is 1.39. The molecule has 1 amide bonds. The molecule has 1 atom stereocenters.